The number of aryl methyl sites for hydroxylation is 1. The van der Waals surface area contributed by atoms with E-state index in [4.69, 9.17) is 9.15 Å². The lowest BCUT2D eigenvalue weighted by Gasteiger charge is -2.23. The summed E-state index contributed by atoms with van der Waals surface area (Å²) in [5.41, 5.74) is 1.62. The summed E-state index contributed by atoms with van der Waals surface area (Å²) in [6.07, 6.45) is 3.61. The Kier molecular flexibility index (Phi) is 4.75. The number of pyridine rings is 1. The molecule has 0 saturated carbocycles. The van der Waals surface area contributed by atoms with Crippen molar-refractivity contribution in [3.05, 3.63) is 53.2 Å². The lowest BCUT2D eigenvalue weighted by atomic mass is 10.1. The van der Waals surface area contributed by atoms with E-state index in [1.807, 2.05) is 25.4 Å². The van der Waals surface area contributed by atoms with Crippen LogP contribution < -0.4 is 0 Å². The molecule has 5 nitrogen and oxygen atoms in total. The number of ether oxygens (including phenoxy) is 1. The summed E-state index contributed by atoms with van der Waals surface area (Å²) in [5, 5.41) is 0. The largest absolute Gasteiger partial charge is 0.465 e. The van der Waals surface area contributed by atoms with Crippen molar-refractivity contribution in [3.63, 3.8) is 0 Å². The van der Waals surface area contributed by atoms with Crippen LogP contribution in [0.25, 0.3) is 0 Å². The van der Waals surface area contributed by atoms with Gasteiger partial charge < -0.3 is 9.15 Å². The first-order chi connectivity index (χ1) is 10.0. The van der Waals surface area contributed by atoms with Crippen molar-refractivity contribution in [1.29, 1.82) is 0 Å². The zero-order valence-electron chi connectivity index (χ0n) is 12.8. The molecule has 2 aromatic heterocycles. The molecule has 1 atom stereocenters. The Hall–Kier alpha value is -2.14. The molecule has 0 spiro atoms. The lowest BCUT2D eigenvalue weighted by Crippen LogP contribution is -2.21. The van der Waals surface area contributed by atoms with Crippen molar-refractivity contribution in [1.82, 2.24) is 9.88 Å². The summed E-state index contributed by atoms with van der Waals surface area (Å²) in [6, 6.07) is 5.91. The van der Waals surface area contributed by atoms with Crippen molar-refractivity contribution < 1.29 is 13.9 Å². The predicted molar refractivity (Wildman–Crippen MR) is 78.9 cm³/mol. The van der Waals surface area contributed by atoms with E-state index in [9.17, 15) is 4.79 Å². The topological polar surface area (TPSA) is 55.6 Å². The van der Waals surface area contributed by atoms with Crippen LogP contribution in [0.15, 0.2) is 35.0 Å². The molecule has 2 aromatic rings. The number of methoxy groups -OCH3 is 1. The summed E-state index contributed by atoms with van der Waals surface area (Å²) in [6.45, 7) is 4.47. The Bertz CT molecular complexity index is 607. The molecule has 2 rings (SSSR count). The zero-order valence-corrected chi connectivity index (χ0v) is 12.8. The van der Waals surface area contributed by atoms with E-state index < -0.39 is 0 Å². The van der Waals surface area contributed by atoms with Crippen molar-refractivity contribution >= 4 is 5.97 Å². The second kappa shape index (κ2) is 6.54. The van der Waals surface area contributed by atoms with Crippen molar-refractivity contribution in [2.24, 2.45) is 0 Å². The average Bonchev–Trinajstić information content (AvgIpc) is 2.87. The smallest absolute Gasteiger partial charge is 0.341 e. The normalized spacial score (nSPS) is 12.4. The number of aromatic nitrogens is 1. The minimum atomic E-state index is -0.370. The van der Waals surface area contributed by atoms with Crippen LogP contribution >= 0.6 is 0 Å². The van der Waals surface area contributed by atoms with E-state index in [1.54, 1.807) is 19.2 Å². The monoisotopic (exact) mass is 288 g/mol. The molecule has 112 valence electrons. The maximum absolute atomic E-state index is 11.6. The van der Waals surface area contributed by atoms with Gasteiger partial charge in [-0.1, -0.05) is 6.07 Å². The third-order valence-electron chi connectivity index (χ3n) is 3.61. The number of esters is 1. The van der Waals surface area contributed by atoms with Crippen molar-refractivity contribution in [2.75, 3.05) is 14.2 Å². The number of furan rings is 1. The minimum Gasteiger partial charge on any atom is -0.465 e. The van der Waals surface area contributed by atoms with Gasteiger partial charge in [-0.05, 0) is 38.6 Å². The Balaban J connectivity index is 2.09. The molecule has 0 amide bonds. The first-order valence-corrected chi connectivity index (χ1v) is 6.80. The highest BCUT2D eigenvalue weighted by Gasteiger charge is 2.18. The SMILES string of the molecule is COC(=O)c1cc(CN(C)[C@H](C)c2cccnc2)oc1C. The van der Waals surface area contributed by atoms with Crippen LogP contribution in [0, 0.1) is 6.92 Å². The summed E-state index contributed by atoms with van der Waals surface area (Å²) >= 11 is 0. The van der Waals surface area contributed by atoms with E-state index >= 15 is 0 Å². The molecule has 0 radical (unpaired) electrons. The van der Waals surface area contributed by atoms with Gasteiger partial charge in [-0.15, -0.1) is 0 Å². The van der Waals surface area contributed by atoms with Gasteiger partial charge in [0.1, 0.15) is 17.1 Å². The van der Waals surface area contributed by atoms with Crippen LogP contribution in [0.2, 0.25) is 0 Å². The van der Waals surface area contributed by atoms with E-state index in [2.05, 4.69) is 16.8 Å². The van der Waals surface area contributed by atoms with E-state index in [1.165, 1.54) is 7.11 Å². The number of hydrogen-bond acceptors (Lipinski definition) is 5. The maximum atomic E-state index is 11.6. The van der Waals surface area contributed by atoms with Gasteiger partial charge in [0.2, 0.25) is 0 Å². The van der Waals surface area contributed by atoms with Crippen LogP contribution in [0.5, 0.6) is 0 Å². The first kappa shape index (κ1) is 15.3. The third-order valence-corrected chi connectivity index (χ3v) is 3.61. The Morgan fingerprint density at radius 1 is 1.52 bits per heavy atom. The van der Waals surface area contributed by atoms with Crippen LogP contribution in [0.4, 0.5) is 0 Å². The molecule has 21 heavy (non-hydrogen) atoms. The maximum Gasteiger partial charge on any atom is 0.341 e. The summed E-state index contributed by atoms with van der Waals surface area (Å²) < 4.78 is 10.4. The fraction of sp³-hybridized carbons (Fsp3) is 0.375. The number of hydrogen-bond donors (Lipinski definition) is 0. The van der Waals surface area contributed by atoms with E-state index in [0.29, 0.717) is 17.9 Å². The minimum absolute atomic E-state index is 0.200. The fourth-order valence-electron chi connectivity index (χ4n) is 2.19. The van der Waals surface area contributed by atoms with Gasteiger partial charge in [-0.2, -0.15) is 0 Å². The Labute approximate surface area is 124 Å². The van der Waals surface area contributed by atoms with E-state index in [-0.39, 0.29) is 12.0 Å². The molecule has 0 aliphatic heterocycles. The first-order valence-electron chi connectivity index (χ1n) is 6.80. The Morgan fingerprint density at radius 2 is 2.29 bits per heavy atom. The molecule has 0 N–H and O–H groups in total. The zero-order chi connectivity index (χ0) is 15.4. The van der Waals surface area contributed by atoms with Gasteiger partial charge >= 0.3 is 5.97 Å². The molecule has 0 aliphatic carbocycles. The predicted octanol–water partition coefficient (Wildman–Crippen LogP) is 2.96. The van der Waals surface area contributed by atoms with Gasteiger partial charge in [0.05, 0.1) is 13.7 Å². The van der Waals surface area contributed by atoms with Crippen LogP contribution in [-0.4, -0.2) is 30.0 Å². The highest BCUT2D eigenvalue weighted by molar-refractivity contribution is 5.90. The third kappa shape index (κ3) is 3.49. The van der Waals surface area contributed by atoms with Gasteiger partial charge in [0.15, 0.2) is 0 Å². The molecular weight excluding hydrogens is 268 g/mol. The molecule has 0 fully saturated rings. The fourth-order valence-corrected chi connectivity index (χ4v) is 2.19. The van der Waals surface area contributed by atoms with Crippen molar-refractivity contribution in [3.8, 4) is 0 Å². The van der Waals surface area contributed by atoms with Crippen molar-refractivity contribution in [2.45, 2.75) is 26.4 Å². The molecule has 0 saturated heterocycles. The molecule has 0 bridgehead atoms. The highest BCUT2D eigenvalue weighted by atomic mass is 16.5. The number of rotatable bonds is 5. The van der Waals surface area contributed by atoms with Gasteiger partial charge in [0, 0.05) is 18.4 Å². The number of carbonyl (C=O) groups is 1. The Morgan fingerprint density at radius 3 is 2.90 bits per heavy atom. The van der Waals surface area contributed by atoms with Gasteiger partial charge in [0.25, 0.3) is 0 Å². The van der Waals surface area contributed by atoms with Gasteiger partial charge in [-0.3, -0.25) is 9.88 Å². The summed E-state index contributed by atoms with van der Waals surface area (Å²) in [7, 11) is 3.37. The lowest BCUT2D eigenvalue weighted by molar-refractivity contribution is 0.0599. The molecule has 5 heteroatoms. The van der Waals surface area contributed by atoms with E-state index in [0.717, 1.165) is 11.3 Å². The molecule has 0 unspecified atom stereocenters. The second-order valence-electron chi connectivity index (χ2n) is 5.05. The van der Waals surface area contributed by atoms with Crippen LogP contribution in [-0.2, 0) is 11.3 Å². The second-order valence-corrected chi connectivity index (χ2v) is 5.05. The molecule has 2 heterocycles. The highest BCUT2D eigenvalue weighted by Crippen LogP contribution is 2.22. The number of carbonyl (C=O) groups excluding carboxylic acids is 1. The summed E-state index contributed by atoms with van der Waals surface area (Å²) in [4.78, 5) is 17.9. The molecule has 0 aromatic carbocycles. The quantitative estimate of drug-likeness (QED) is 0.792. The standard InChI is InChI=1S/C16H20N2O3/c1-11(13-6-5-7-17-9-13)18(3)10-14-8-15(12(2)21-14)16(19)20-4/h5-9,11H,10H2,1-4H3/t11-/m1/s1. The van der Waals surface area contributed by atoms with Crippen LogP contribution in [0.3, 0.4) is 0 Å². The molecule has 0 aliphatic rings. The van der Waals surface area contributed by atoms with Crippen LogP contribution in [0.1, 0.15) is 40.4 Å². The summed E-state index contributed by atoms with van der Waals surface area (Å²) in [5.74, 6) is 0.955. The average molecular weight is 288 g/mol. The van der Waals surface area contributed by atoms with Gasteiger partial charge in [-0.25, -0.2) is 4.79 Å². The number of nitrogens with zero attached hydrogens (tertiary/aromatic N) is 2. The molecular formula is C16H20N2O3.